The molecule has 0 saturated heterocycles. The van der Waals surface area contributed by atoms with Gasteiger partial charge in [0.05, 0.1) is 21.4 Å². The van der Waals surface area contributed by atoms with E-state index in [1.165, 1.54) is 41.2 Å². The Balaban J connectivity index is 1.70. The molecule has 26 heavy (non-hydrogen) atoms. The Kier molecular flexibility index (Phi) is 4.42. The standard InChI is InChI=1S/C16H10N6O2S2/c23-22(24)12-5-6-14(11(7-12)8-19-21-9-17-18-10-21)25-16-20-13-3-1-2-4-15(13)26-16/h1-10H/b19-8-. The van der Waals surface area contributed by atoms with E-state index in [0.29, 0.717) is 5.56 Å². The molecule has 4 aromatic rings. The fourth-order valence-electron chi connectivity index (χ4n) is 2.22. The van der Waals surface area contributed by atoms with Crippen LogP contribution in [-0.2, 0) is 0 Å². The number of nitrogens with zero attached hydrogens (tertiary/aromatic N) is 6. The van der Waals surface area contributed by atoms with Crippen LogP contribution in [0.4, 0.5) is 5.69 Å². The Morgan fingerprint density at radius 1 is 1.19 bits per heavy atom. The van der Waals surface area contributed by atoms with Crippen molar-refractivity contribution < 1.29 is 4.92 Å². The maximum atomic E-state index is 11.1. The van der Waals surface area contributed by atoms with Crippen LogP contribution in [0.5, 0.6) is 0 Å². The van der Waals surface area contributed by atoms with Gasteiger partial charge in [0, 0.05) is 22.6 Å². The van der Waals surface area contributed by atoms with Crippen molar-refractivity contribution in [1.29, 1.82) is 0 Å². The molecule has 2 aromatic heterocycles. The highest BCUT2D eigenvalue weighted by atomic mass is 32.2. The minimum absolute atomic E-state index is 0.00357. The van der Waals surface area contributed by atoms with Gasteiger partial charge in [-0.1, -0.05) is 23.9 Å². The second-order valence-corrected chi connectivity index (χ2v) is 7.43. The number of fused-ring (bicyclic) bond motifs is 1. The van der Waals surface area contributed by atoms with Gasteiger partial charge >= 0.3 is 0 Å². The van der Waals surface area contributed by atoms with Gasteiger partial charge < -0.3 is 0 Å². The van der Waals surface area contributed by atoms with Crippen molar-refractivity contribution in [1.82, 2.24) is 19.9 Å². The van der Waals surface area contributed by atoms with Gasteiger partial charge in [0.15, 0.2) is 4.34 Å². The van der Waals surface area contributed by atoms with Crippen molar-refractivity contribution in [2.45, 2.75) is 9.24 Å². The molecule has 10 heteroatoms. The lowest BCUT2D eigenvalue weighted by atomic mass is 10.2. The zero-order valence-electron chi connectivity index (χ0n) is 13.1. The van der Waals surface area contributed by atoms with Crippen molar-refractivity contribution in [2.75, 3.05) is 0 Å². The summed E-state index contributed by atoms with van der Waals surface area (Å²) in [6.45, 7) is 0. The molecule has 0 aliphatic carbocycles. The second-order valence-electron chi connectivity index (χ2n) is 5.12. The SMILES string of the molecule is O=[N+]([O-])c1ccc(Sc2nc3ccccc3s2)c(/C=N\n2cnnc2)c1. The summed E-state index contributed by atoms with van der Waals surface area (Å²) < 4.78 is 3.38. The molecule has 0 amide bonds. The third-order valence-electron chi connectivity index (χ3n) is 3.41. The number of thiazole rings is 1. The third-order valence-corrected chi connectivity index (χ3v) is 5.60. The molecule has 0 aliphatic heterocycles. The first-order valence-corrected chi connectivity index (χ1v) is 9.03. The largest absolute Gasteiger partial charge is 0.270 e. The molecule has 0 fully saturated rings. The van der Waals surface area contributed by atoms with Gasteiger partial charge in [-0.15, -0.1) is 21.5 Å². The smallest absolute Gasteiger partial charge is 0.258 e. The van der Waals surface area contributed by atoms with Crippen LogP contribution in [0.25, 0.3) is 10.2 Å². The van der Waals surface area contributed by atoms with Crippen LogP contribution < -0.4 is 0 Å². The lowest BCUT2D eigenvalue weighted by Gasteiger charge is -2.03. The third kappa shape index (κ3) is 3.46. The highest BCUT2D eigenvalue weighted by Gasteiger charge is 2.13. The summed E-state index contributed by atoms with van der Waals surface area (Å²) in [6, 6.07) is 12.6. The molecule has 128 valence electrons. The topological polar surface area (TPSA) is 99.1 Å². The first kappa shape index (κ1) is 16.4. The Hall–Kier alpha value is -3.11. The fraction of sp³-hybridized carbons (Fsp3) is 0. The van der Waals surface area contributed by atoms with Gasteiger partial charge in [-0.25, -0.2) is 9.66 Å². The van der Waals surface area contributed by atoms with E-state index in [4.69, 9.17) is 0 Å². The number of aromatic nitrogens is 4. The number of para-hydroxylation sites is 1. The average molecular weight is 382 g/mol. The van der Waals surface area contributed by atoms with Crippen molar-refractivity contribution in [3.05, 3.63) is 70.8 Å². The number of rotatable bonds is 5. The maximum Gasteiger partial charge on any atom is 0.270 e. The van der Waals surface area contributed by atoms with Crippen LogP contribution in [-0.4, -0.2) is 31.0 Å². The molecule has 2 heterocycles. The van der Waals surface area contributed by atoms with Crippen LogP contribution in [0.2, 0.25) is 0 Å². The van der Waals surface area contributed by atoms with Gasteiger partial charge in [0.2, 0.25) is 0 Å². The van der Waals surface area contributed by atoms with Gasteiger partial charge in [-0.3, -0.25) is 10.1 Å². The lowest BCUT2D eigenvalue weighted by Crippen LogP contribution is -1.94. The Morgan fingerprint density at radius 2 is 2.00 bits per heavy atom. The van der Waals surface area contributed by atoms with Crippen LogP contribution in [0.15, 0.2) is 69.5 Å². The number of hydrogen-bond acceptors (Lipinski definition) is 8. The number of non-ortho nitro benzene ring substituents is 1. The zero-order valence-corrected chi connectivity index (χ0v) is 14.7. The second kappa shape index (κ2) is 7.02. The molecule has 0 spiro atoms. The molecule has 0 radical (unpaired) electrons. The Bertz CT molecular complexity index is 1070. The number of nitro benzene ring substituents is 1. The van der Waals surface area contributed by atoms with E-state index >= 15 is 0 Å². The minimum Gasteiger partial charge on any atom is -0.258 e. The van der Waals surface area contributed by atoms with Gasteiger partial charge in [-0.05, 0) is 18.2 Å². The van der Waals surface area contributed by atoms with E-state index in [9.17, 15) is 10.1 Å². The molecular formula is C16H10N6O2S2. The summed E-state index contributed by atoms with van der Waals surface area (Å²) in [7, 11) is 0. The van der Waals surface area contributed by atoms with E-state index in [0.717, 1.165) is 19.5 Å². The number of benzene rings is 2. The van der Waals surface area contributed by atoms with Crippen molar-refractivity contribution in [3.8, 4) is 0 Å². The number of nitro groups is 1. The van der Waals surface area contributed by atoms with Crippen molar-refractivity contribution in [3.63, 3.8) is 0 Å². The zero-order chi connectivity index (χ0) is 17.9. The highest BCUT2D eigenvalue weighted by Crippen LogP contribution is 2.36. The minimum atomic E-state index is -0.428. The first-order valence-electron chi connectivity index (χ1n) is 7.40. The van der Waals surface area contributed by atoms with Crippen LogP contribution >= 0.6 is 23.1 Å². The predicted octanol–water partition coefficient (Wildman–Crippen LogP) is 3.83. The summed E-state index contributed by atoms with van der Waals surface area (Å²) in [5, 5.41) is 22.6. The van der Waals surface area contributed by atoms with Crippen LogP contribution in [0.1, 0.15) is 5.56 Å². The summed E-state index contributed by atoms with van der Waals surface area (Å²) in [5.41, 5.74) is 1.56. The fourth-order valence-corrected chi connectivity index (χ4v) is 4.32. The summed E-state index contributed by atoms with van der Waals surface area (Å²) in [6.07, 6.45) is 4.43. The summed E-state index contributed by atoms with van der Waals surface area (Å²) >= 11 is 3.03. The van der Waals surface area contributed by atoms with E-state index in [1.807, 2.05) is 24.3 Å². The summed E-state index contributed by atoms with van der Waals surface area (Å²) in [5.74, 6) is 0. The monoisotopic (exact) mass is 382 g/mol. The average Bonchev–Trinajstić information content (AvgIpc) is 3.29. The van der Waals surface area contributed by atoms with E-state index in [-0.39, 0.29) is 5.69 Å². The molecule has 0 saturated carbocycles. The molecule has 0 bridgehead atoms. The Morgan fingerprint density at radius 3 is 2.77 bits per heavy atom. The summed E-state index contributed by atoms with van der Waals surface area (Å²) in [4.78, 5) is 16.1. The maximum absolute atomic E-state index is 11.1. The molecule has 0 atom stereocenters. The molecule has 2 aromatic carbocycles. The van der Waals surface area contributed by atoms with Crippen molar-refractivity contribution in [2.24, 2.45) is 5.10 Å². The predicted molar refractivity (Wildman–Crippen MR) is 99.9 cm³/mol. The quantitative estimate of drug-likeness (QED) is 0.295. The van der Waals surface area contributed by atoms with Crippen molar-refractivity contribution >= 4 is 45.2 Å². The molecule has 0 N–H and O–H groups in total. The Labute approximate surface area is 155 Å². The first-order chi connectivity index (χ1) is 12.7. The molecule has 4 rings (SSSR count). The molecule has 0 aliphatic rings. The van der Waals surface area contributed by atoms with Crippen LogP contribution in [0.3, 0.4) is 0 Å². The van der Waals surface area contributed by atoms with Gasteiger partial charge in [0.1, 0.15) is 12.7 Å². The van der Waals surface area contributed by atoms with E-state index in [1.54, 1.807) is 23.6 Å². The number of hydrogen-bond donors (Lipinski definition) is 0. The van der Waals surface area contributed by atoms with Crippen LogP contribution in [0, 0.1) is 10.1 Å². The van der Waals surface area contributed by atoms with E-state index < -0.39 is 4.92 Å². The molecular weight excluding hydrogens is 372 g/mol. The van der Waals surface area contributed by atoms with E-state index in [2.05, 4.69) is 20.3 Å². The van der Waals surface area contributed by atoms with Gasteiger partial charge in [-0.2, -0.15) is 5.10 Å². The molecule has 0 unspecified atom stereocenters. The normalized spacial score (nSPS) is 11.4. The molecule has 8 nitrogen and oxygen atoms in total. The van der Waals surface area contributed by atoms with Gasteiger partial charge in [0.25, 0.3) is 5.69 Å². The highest BCUT2D eigenvalue weighted by molar-refractivity contribution is 8.01. The lowest BCUT2D eigenvalue weighted by molar-refractivity contribution is -0.384.